The molecule has 236 valence electrons. The molecular formula is C32H43FN8O3. The predicted octanol–water partition coefficient (Wildman–Crippen LogP) is 3.26. The number of nitrogens with one attached hydrogen (secondary N) is 2. The summed E-state index contributed by atoms with van der Waals surface area (Å²) < 4.78 is 23.1. The van der Waals surface area contributed by atoms with E-state index in [-0.39, 0.29) is 35.1 Å². The maximum Gasteiger partial charge on any atom is 0.273 e. The van der Waals surface area contributed by atoms with Crippen LogP contribution in [0.15, 0.2) is 36.5 Å². The van der Waals surface area contributed by atoms with Gasteiger partial charge in [0.2, 0.25) is 0 Å². The van der Waals surface area contributed by atoms with Gasteiger partial charge in [-0.05, 0) is 72.0 Å². The van der Waals surface area contributed by atoms with Gasteiger partial charge in [-0.25, -0.2) is 9.07 Å². The van der Waals surface area contributed by atoms with Gasteiger partial charge in [-0.1, -0.05) is 22.4 Å². The summed E-state index contributed by atoms with van der Waals surface area (Å²) in [6.45, 7) is 14.1. The van der Waals surface area contributed by atoms with E-state index in [0.29, 0.717) is 30.9 Å². The second-order valence-electron chi connectivity index (χ2n) is 12.0. The third-order valence-corrected chi connectivity index (χ3v) is 8.54. The van der Waals surface area contributed by atoms with Gasteiger partial charge in [-0.15, -0.1) is 5.10 Å². The molecule has 2 aromatic carbocycles. The Bertz CT molecular complexity index is 1460. The van der Waals surface area contributed by atoms with E-state index in [1.54, 1.807) is 24.3 Å². The fraction of sp³-hybridized carbons (Fsp3) is 0.500. The van der Waals surface area contributed by atoms with E-state index in [0.717, 1.165) is 50.4 Å². The Morgan fingerprint density at radius 3 is 2.34 bits per heavy atom. The molecule has 0 aliphatic carbocycles. The molecule has 2 N–H and O–H groups in total. The standard InChI is InChI=1S/C32H43FN8O3/c1-21-15-22(2)17-25(16-21)31(42)35-30-28(40-18-23(3)38(5)24(4)19-40)8-7-27(29(30)33)41-20-26(36-37-41)32(43)34-9-6-10-39-11-13-44-14-12-39/h7-8,15-17,20,23-24H,6,9-14,18-19H2,1-5H3,(H,34,43)(H,35,42)/t23-,24+. The molecule has 3 heterocycles. The maximum absolute atomic E-state index is 16.5. The van der Waals surface area contributed by atoms with Crippen molar-refractivity contribution < 1.29 is 18.7 Å². The van der Waals surface area contributed by atoms with Gasteiger partial charge >= 0.3 is 0 Å². The molecule has 3 aromatic rings. The number of carbonyl (C=O) groups is 2. The van der Waals surface area contributed by atoms with Crippen molar-refractivity contribution in [3.05, 3.63) is 64.7 Å². The number of ether oxygens (including phenoxy) is 1. The van der Waals surface area contributed by atoms with Crippen LogP contribution < -0.4 is 15.5 Å². The number of piperazine rings is 1. The highest BCUT2D eigenvalue weighted by atomic mass is 19.1. The lowest BCUT2D eigenvalue weighted by Crippen LogP contribution is -2.55. The van der Waals surface area contributed by atoms with Crippen LogP contribution in [0.4, 0.5) is 15.8 Å². The van der Waals surface area contributed by atoms with E-state index < -0.39 is 11.7 Å². The average molecular weight is 607 g/mol. The summed E-state index contributed by atoms with van der Waals surface area (Å²) in [7, 11) is 2.09. The molecule has 11 nitrogen and oxygen atoms in total. The summed E-state index contributed by atoms with van der Waals surface area (Å²) in [6, 6.07) is 9.43. The number of anilines is 2. The summed E-state index contributed by atoms with van der Waals surface area (Å²) in [4.78, 5) is 32.9. The zero-order valence-electron chi connectivity index (χ0n) is 26.3. The van der Waals surface area contributed by atoms with Gasteiger partial charge in [0.1, 0.15) is 11.4 Å². The van der Waals surface area contributed by atoms with Crippen molar-refractivity contribution in [3.8, 4) is 5.69 Å². The molecular weight excluding hydrogens is 563 g/mol. The molecule has 0 spiro atoms. The van der Waals surface area contributed by atoms with Crippen molar-refractivity contribution in [2.24, 2.45) is 0 Å². The lowest BCUT2D eigenvalue weighted by molar-refractivity contribution is 0.0374. The SMILES string of the molecule is Cc1cc(C)cc(C(=O)Nc2c(N3C[C@@H](C)N(C)[C@@H](C)C3)ccc(-n3cc(C(=O)NCCCN4CCOCC4)nn3)c2F)c1. The van der Waals surface area contributed by atoms with Crippen LogP contribution in [0.2, 0.25) is 0 Å². The highest BCUT2D eigenvalue weighted by Crippen LogP contribution is 2.35. The van der Waals surface area contributed by atoms with Gasteiger partial charge in [0.05, 0.1) is 25.1 Å². The summed E-state index contributed by atoms with van der Waals surface area (Å²) in [5.41, 5.74) is 3.17. The van der Waals surface area contributed by atoms with Crippen LogP contribution in [0, 0.1) is 19.7 Å². The van der Waals surface area contributed by atoms with E-state index in [2.05, 4.69) is 56.5 Å². The lowest BCUT2D eigenvalue weighted by atomic mass is 10.1. The fourth-order valence-corrected chi connectivity index (χ4v) is 5.91. The topological polar surface area (TPSA) is 108 Å². The number of morpholine rings is 1. The molecule has 0 unspecified atom stereocenters. The van der Waals surface area contributed by atoms with Crippen LogP contribution in [-0.4, -0.2) is 108 Å². The molecule has 2 amide bonds. The van der Waals surface area contributed by atoms with Crippen LogP contribution in [0.3, 0.4) is 0 Å². The van der Waals surface area contributed by atoms with Gasteiger partial charge in [-0.2, -0.15) is 0 Å². The Morgan fingerprint density at radius 1 is 1.00 bits per heavy atom. The number of hydrogen-bond acceptors (Lipinski definition) is 8. The number of benzene rings is 2. The Kier molecular flexibility index (Phi) is 9.92. The normalized spacial score (nSPS) is 19.6. The Hall–Kier alpha value is -3.87. The predicted molar refractivity (Wildman–Crippen MR) is 168 cm³/mol. The van der Waals surface area contributed by atoms with Gasteiger partial charge in [-0.3, -0.25) is 19.4 Å². The minimum atomic E-state index is -0.651. The largest absolute Gasteiger partial charge is 0.379 e. The molecule has 2 aliphatic rings. The van der Waals surface area contributed by atoms with Crippen LogP contribution in [0.25, 0.3) is 5.69 Å². The molecule has 2 saturated heterocycles. The van der Waals surface area contributed by atoms with Crippen molar-refractivity contribution in [2.75, 3.05) is 69.7 Å². The molecule has 5 rings (SSSR count). The maximum atomic E-state index is 16.5. The third kappa shape index (κ3) is 7.25. The van der Waals surface area contributed by atoms with Crippen LogP contribution in [-0.2, 0) is 4.74 Å². The highest BCUT2D eigenvalue weighted by molar-refractivity contribution is 6.06. The summed E-state index contributed by atoms with van der Waals surface area (Å²) in [5.74, 6) is -1.43. The number of carbonyl (C=O) groups excluding carboxylic acids is 2. The molecule has 12 heteroatoms. The Morgan fingerprint density at radius 2 is 1.66 bits per heavy atom. The Balaban J connectivity index is 1.37. The average Bonchev–Trinajstić information content (AvgIpc) is 3.49. The number of halogens is 1. The van der Waals surface area contributed by atoms with Crippen molar-refractivity contribution in [2.45, 2.75) is 46.2 Å². The molecule has 1 aromatic heterocycles. The zero-order valence-corrected chi connectivity index (χ0v) is 26.3. The first-order chi connectivity index (χ1) is 21.1. The minimum Gasteiger partial charge on any atom is -0.379 e. The smallest absolute Gasteiger partial charge is 0.273 e. The number of aryl methyl sites for hydroxylation is 2. The van der Waals surface area contributed by atoms with Crippen molar-refractivity contribution in [1.29, 1.82) is 0 Å². The van der Waals surface area contributed by atoms with Gasteiger partial charge in [0.15, 0.2) is 11.5 Å². The van der Waals surface area contributed by atoms with E-state index in [9.17, 15) is 9.59 Å². The number of rotatable bonds is 9. The van der Waals surface area contributed by atoms with E-state index in [1.165, 1.54) is 10.9 Å². The van der Waals surface area contributed by atoms with Gasteiger partial charge < -0.3 is 20.3 Å². The first-order valence-corrected chi connectivity index (χ1v) is 15.3. The molecule has 0 radical (unpaired) electrons. The van der Waals surface area contributed by atoms with Crippen LogP contribution in [0.5, 0.6) is 0 Å². The third-order valence-electron chi connectivity index (χ3n) is 8.54. The van der Waals surface area contributed by atoms with E-state index in [4.69, 9.17) is 4.74 Å². The second-order valence-corrected chi connectivity index (χ2v) is 12.0. The first kappa shape index (κ1) is 31.6. The first-order valence-electron chi connectivity index (χ1n) is 15.3. The van der Waals surface area contributed by atoms with Gasteiger partial charge in [0.25, 0.3) is 11.8 Å². The van der Waals surface area contributed by atoms with Crippen LogP contribution >= 0.6 is 0 Å². The Labute approximate surface area is 258 Å². The van der Waals surface area contributed by atoms with E-state index >= 15 is 4.39 Å². The number of aromatic nitrogens is 3. The molecule has 2 aliphatic heterocycles. The van der Waals surface area contributed by atoms with Crippen molar-refractivity contribution in [1.82, 2.24) is 30.1 Å². The highest BCUT2D eigenvalue weighted by Gasteiger charge is 2.30. The molecule has 0 bridgehead atoms. The minimum absolute atomic E-state index is 0.0697. The van der Waals surface area contributed by atoms with E-state index in [1.807, 2.05) is 19.9 Å². The van der Waals surface area contributed by atoms with Crippen LogP contribution in [0.1, 0.15) is 52.2 Å². The quantitative estimate of drug-likeness (QED) is 0.358. The molecule has 2 atom stereocenters. The number of amides is 2. The summed E-state index contributed by atoms with van der Waals surface area (Å²) in [5, 5.41) is 13.8. The number of likely N-dealkylation sites (N-methyl/N-ethyl adjacent to an activating group) is 1. The number of hydrogen-bond donors (Lipinski definition) is 2. The molecule has 44 heavy (non-hydrogen) atoms. The molecule has 0 saturated carbocycles. The lowest BCUT2D eigenvalue weighted by Gasteiger charge is -2.44. The number of nitrogens with zero attached hydrogens (tertiary/aromatic N) is 6. The second kappa shape index (κ2) is 13.8. The van der Waals surface area contributed by atoms with Gasteiger partial charge in [0, 0.05) is 50.4 Å². The molecule has 2 fully saturated rings. The van der Waals surface area contributed by atoms with Crippen molar-refractivity contribution >= 4 is 23.2 Å². The fourth-order valence-electron chi connectivity index (χ4n) is 5.91. The van der Waals surface area contributed by atoms with Crippen molar-refractivity contribution in [3.63, 3.8) is 0 Å². The summed E-state index contributed by atoms with van der Waals surface area (Å²) >= 11 is 0. The zero-order chi connectivity index (χ0) is 31.4. The summed E-state index contributed by atoms with van der Waals surface area (Å²) in [6.07, 6.45) is 2.20. The monoisotopic (exact) mass is 606 g/mol.